The van der Waals surface area contributed by atoms with Crippen LogP contribution >= 0.6 is 0 Å². The van der Waals surface area contributed by atoms with Crippen molar-refractivity contribution < 1.29 is 23.9 Å². The van der Waals surface area contributed by atoms with E-state index < -0.39 is 6.04 Å². The second kappa shape index (κ2) is 7.84. The van der Waals surface area contributed by atoms with E-state index in [1.165, 1.54) is 28.4 Å². The fraction of sp³-hybridized carbons (Fsp3) is 0.208. The highest BCUT2D eigenvalue weighted by Gasteiger charge is 2.40. The molecule has 3 aromatic rings. The van der Waals surface area contributed by atoms with Crippen LogP contribution in [0.3, 0.4) is 0 Å². The number of rotatable bonds is 2. The third-order valence-corrected chi connectivity index (χ3v) is 6.23. The summed E-state index contributed by atoms with van der Waals surface area (Å²) in [6.07, 6.45) is 4.32. The summed E-state index contributed by atoms with van der Waals surface area (Å²) in [5.41, 5.74) is 2.73. The Labute approximate surface area is 194 Å². The van der Waals surface area contributed by atoms with Gasteiger partial charge >= 0.3 is 0 Å². The Morgan fingerprint density at radius 1 is 1.00 bits per heavy atom. The smallest absolute Gasteiger partial charge is 0.274 e. The van der Waals surface area contributed by atoms with Crippen molar-refractivity contribution in [3.63, 3.8) is 0 Å². The Hall–Kier alpha value is -4.47. The molecular formula is C24H19N5O5. The number of aromatic nitrogens is 2. The highest BCUT2D eigenvalue weighted by molar-refractivity contribution is 6.11. The monoisotopic (exact) mass is 457 g/mol. The lowest BCUT2D eigenvalue weighted by atomic mass is 10.0. The topological polar surface area (TPSA) is 114 Å². The first kappa shape index (κ1) is 20.2. The van der Waals surface area contributed by atoms with E-state index >= 15 is 0 Å². The second-order valence-corrected chi connectivity index (χ2v) is 8.17. The number of benzene rings is 2. The number of nitrogens with one attached hydrogen (secondary N) is 1. The van der Waals surface area contributed by atoms with Crippen molar-refractivity contribution in [3.8, 4) is 22.6 Å². The lowest BCUT2D eigenvalue weighted by molar-refractivity contribution is -0.121. The average molecular weight is 457 g/mol. The lowest BCUT2D eigenvalue weighted by Gasteiger charge is -2.39. The molecule has 4 heterocycles. The number of hydrogen-bond acceptors (Lipinski definition) is 7. The number of piperazine rings is 1. The zero-order chi connectivity index (χ0) is 23.2. The molecule has 0 radical (unpaired) electrons. The number of amides is 3. The Morgan fingerprint density at radius 3 is 2.68 bits per heavy atom. The normalized spacial score (nSPS) is 18.6. The SMILES string of the molecule is O=C1Nc2ccc(-c3ccc4c(c3)OCO4)cc2C(=O)N2CCN(C(=O)c3cnccn3)CC12. The number of carbonyl (C=O) groups excluding carboxylic acids is 3. The van der Waals surface area contributed by atoms with E-state index in [0.717, 1.165) is 11.1 Å². The van der Waals surface area contributed by atoms with Gasteiger partial charge in [0.05, 0.1) is 24.0 Å². The largest absolute Gasteiger partial charge is 0.454 e. The molecule has 3 aliphatic rings. The second-order valence-electron chi connectivity index (χ2n) is 8.17. The maximum absolute atomic E-state index is 13.5. The summed E-state index contributed by atoms with van der Waals surface area (Å²) in [6, 6.07) is 10.1. The molecule has 10 nitrogen and oxygen atoms in total. The Bertz CT molecular complexity index is 1330. The number of carbonyl (C=O) groups is 3. The van der Waals surface area contributed by atoms with Crippen LogP contribution in [0.15, 0.2) is 55.0 Å². The fourth-order valence-electron chi connectivity index (χ4n) is 4.46. The molecule has 6 rings (SSSR count). The summed E-state index contributed by atoms with van der Waals surface area (Å²) < 4.78 is 10.8. The summed E-state index contributed by atoms with van der Waals surface area (Å²) in [7, 11) is 0. The van der Waals surface area contributed by atoms with E-state index in [1.807, 2.05) is 24.3 Å². The molecular weight excluding hydrogens is 438 g/mol. The van der Waals surface area contributed by atoms with Crippen molar-refractivity contribution in [1.82, 2.24) is 19.8 Å². The minimum absolute atomic E-state index is 0.0794. The molecule has 0 saturated carbocycles. The molecule has 3 aliphatic heterocycles. The molecule has 170 valence electrons. The molecule has 10 heteroatoms. The van der Waals surface area contributed by atoms with Gasteiger partial charge in [0.2, 0.25) is 12.7 Å². The first-order chi connectivity index (χ1) is 16.6. The van der Waals surface area contributed by atoms with Crippen LogP contribution in [-0.4, -0.2) is 70.0 Å². The quantitative estimate of drug-likeness (QED) is 0.624. The Balaban J connectivity index is 1.29. The molecule has 1 N–H and O–H groups in total. The van der Waals surface area contributed by atoms with Crippen LogP contribution in [0.1, 0.15) is 20.8 Å². The summed E-state index contributed by atoms with van der Waals surface area (Å²) >= 11 is 0. The highest BCUT2D eigenvalue weighted by atomic mass is 16.7. The van der Waals surface area contributed by atoms with E-state index in [2.05, 4.69) is 15.3 Å². The molecule has 1 saturated heterocycles. The van der Waals surface area contributed by atoms with Crippen molar-refractivity contribution in [2.45, 2.75) is 6.04 Å². The van der Waals surface area contributed by atoms with Gasteiger partial charge in [-0.05, 0) is 35.4 Å². The minimum atomic E-state index is -0.803. The van der Waals surface area contributed by atoms with Crippen LogP contribution in [0.4, 0.5) is 5.69 Å². The van der Waals surface area contributed by atoms with Gasteiger partial charge in [-0.15, -0.1) is 0 Å². The predicted molar refractivity (Wildman–Crippen MR) is 119 cm³/mol. The van der Waals surface area contributed by atoms with Crippen molar-refractivity contribution >= 4 is 23.4 Å². The van der Waals surface area contributed by atoms with Gasteiger partial charge in [0.15, 0.2) is 11.5 Å². The number of nitrogens with zero attached hydrogens (tertiary/aromatic N) is 4. The van der Waals surface area contributed by atoms with Gasteiger partial charge < -0.3 is 24.6 Å². The number of ether oxygens (including phenoxy) is 2. The number of anilines is 1. The van der Waals surface area contributed by atoms with E-state index in [1.54, 1.807) is 12.1 Å². The molecule has 0 bridgehead atoms. The van der Waals surface area contributed by atoms with Gasteiger partial charge in [0, 0.05) is 25.5 Å². The molecule has 1 unspecified atom stereocenters. The third-order valence-electron chi connectivity index (χ3n) is 6.23. The van der Waals surface area contributed by atoms with Crippen molar-refractivity contribution in [2.24, 2.45) is 0 Å². The summed E-state index contributed by atoms with van der Waals surface area (Å²) in [5.74, 6) is 0.418. The first-order valence-electron chi connectivity index (χ1n) is 10.8. The highest BCUT2D eigenvalue weighted by Crippen LogP contribution is 2.37. The lowest BCUT2D eigenvalue weighted by Crippen LogP contribution is -2.59. The van der Waals surface area contributed by atoms with Gasteiger partial charge in [0.1, 0.15) is 11.7 Å². The van der Waals surface area contributed by atoms with E-state index in [9.17, 15) is 14.4 Å². The molecule has 3 amide bonds. The van der Waals surface area contributed by atoms with Crippen LogP contribution in [0.5, 0.6) is 11.5 Å². The third kappa shape index (κ3) is 3.31. The van der Waals surface area contributed by atoms with E-state index in [4.69, 9.17) is 9.47 Å². The number of hydrogen-bond donors (Lipinski definition) is 1. The molecule has 1 aromatic heterocycles. The molecule has 1 fully saturated rings. The fourth-order valence-corrected chi connectivity index (χ4v) is 4.46. The van der Waals surface area contributed by atoms with Crippen molar-refractivity contribution in [2.75, 3.05) is 31.7 Å². The van der Waals surface area contributed by atoms with Crippen LogP contribution < -0.4 is 14.8 Å². The maximum Gasteiger partial charge on any atom is 0.274 e. The van der Waals surface area contributed by atoms with Gasteiger partial charge in [-0.1, -0.05) is 12.1 Å². The first-order valence-corrected chi connectivity index (χ1v) is 10.8. The Kier molecular flexibility index (Phi) is 4.65. The summed E-state index contributed by atoms with van der Waals surface area (Å²) in [6.45, 7) is 0.787. The maximum atomic E-state index is 13.5. The summed E-state index contributed by atoms with van der Waals surface area (Å²) in [5, 5.41) is 2.86. The number of fused-ring (bicyclic) bond motifs is 3. The van der Waals surface area contributed by atoms with Gasteiger partial charge in [0.25, 0.3) is 11.8 Å². The minimum Gasteiger partial charge on any atom is -0.454 e. The molecule has 0 spiro atoms. The Morgan fingerprint density at radius 2 is 1.82 bits per heavy atom. The van der Waals surface area contributed by atoms with Crippen LogP contribution in [0.2, 0.25) is 0 Å². The zero-order valence-electron chi connectivity index (χ0n) is 17.9. The van der Waals surface area contributed by atoms with Crippen molar-refractivity contribution in [1.29, 1.82) is 0 Å². The van der Waals surface area contributed by atoms with E-state index in [0.29, 0.717) is 29.3 Å². The molecule has 0 aliphatic carbocycles. The average Bonchev–Trinajstić information content (AvgIpc) is 3.32. The van der Waals surface area contributed by atoms with E-state index in [-0.39, 0.29) is 43.3 Å². The summed E-state index contributed by atoms with van der Waals surface area (Å²) in [4.78, 5) is 50.4. The molecule has 34 heavy (non-hydrogen) atoms. The van der Waals surface area contributed by atoms with Crippen molar-refractivity contribution in [3.05, 3.63) is 66.2 Å². The molecule has 2 aromatic carbocycles. The standard InChI is InChI=1S/C24H19N5O5/c30-22-19-12-28(24(32)18-11-25-5-6-26-18)7-8-29(19)23(31)16-9-14(1-3-17(16)27-22)15-2-4-20-21(10-15)34-13-33-20/h1-6,9-11,19H,7-8,12-13H2,(H,27,30). The van der Waals surface area contributed by atoms with Gasteiger partial charge in [-0.3, -0.25) is 19.4 Å². The zero-order valence-corrected chi connectivity index (χ0v) is 17.9. The van der Waals surface area contributed by atoms with Crippen LogP contribution in [-0.2, 0) is 4.79 Å². The predicted octanol–water partition coefficient (Wildman–Crippen LogP) is 1.79. The molecule has 1 atom stereocenters. The van der Waals surface area contributed by atoms with Gasteiger partial charge in [-0.25, -0.2) is 4.98 Å². The van der Waals surface area contributed by atoms with Gasteiger partial charge in [-0.2, -0.15) is 0 Å². The van der Waals surface area contributed by atoms with Crippen LogP contribution in [0, 0.1) is 0 Å². The van der Waals surface area contributed by atoms with Crippen LogP contribution in [0.25, 0.3) is 11.1 Å².